The van der Waals surface area contributed by atoms with E-state index in [0.717, 1.165) is 24.7 Å². The van der Waals surface area contributed by atoms with Gasteiger partial charge in [0.2, 0.25) is 0 Å². The molecule has 0 aliphatic rings. The molecule has 0 aliphatic carbocycles. The Labute approximate surface area is 131 Å². The highest BCUT2D eigenvalue weighted by Crippen LogP contribution is 2.24. The third-order valence-corrected chi connectivity index (χ3v) is 3.37. The maximum absolute atomic E-state index is 6.17. The van der Waals surface area contributed by atoms with Crippen LogP contribution < -0.4 is 4.90 Å². The molecule has 0 amide bonds. The second-order valence-electron chi connectivity index (χ2n) is 5.99. The van der Waals surface area contributed by atoms with E-state index in [-0.39, 0.29) is 5.41 Å². The highest BCUT2D eigenvalue weighted by molar-refractivity contribution is 6.29. The van der Waals surface area contributed by atoms with Crippen LogP contribution in [0.15, 0.2) is 30.6 Å². The summed E-state index contributed by atoms with van der Waals surface area (Å²) < 4.78 is 0. The molecule has 0 aliphatic heterocycles. The van der Waals surface area contributed by atoms with Gasteiger partial charge in [0.25, 0.3) is 0 Å². The zero-order chi connectivity index (χ0) is 15.5. The Hall–Kier alpha value is -1.68. The van der Waals surface area contributed by atoms with Crippen molar-refractivity contribution in [2.75, 3.05) is 11.4 Å². The van der Waals surface area contributed by atoms with Gasteiger partial charge in [-0.2, -0.15) is 0 Å². The standard InChI is InChI=1S/C16H21ClN4/c1-5-21(11-12-6-8-18-9-7-12)14-10-13(17)19-15(20-14)16(2,3)4/h6-10H,5,11H2,1-4H3. The Morgan fingerprint density at radius 1 is 1.14 bits per heavy atom. The first kappa shape index (κ1) is 15.7. The number of aromatic nitrogens is 3. The molecule has 0 unspecified atom stereocenters. The normalized spacial score (nSPS) is 11.5. The van der Waals surface area contributed by atoms with Crippen molar-refractivity contribution in [3.8, 4) is 0 Å². The fourth-order valence-electron chi connectivity index (χ4n) is 1.97. The largest absolute Gasteiger partial charge is 0.352 e. The van der Waals surface area contributed by atoms with Crippen LogP contribution in [0.25, 0.3) is 0 Å². The van der Waals surface area contributed by atoms with E-state index in [1.165, 1.54) is 5.56 Å². The molecule has 2 aromatic heterocycles. The SMILES string of the molecule is CCN(Cc1ccncc1)c1cc(Cl)nc(C(C)(C)C)n1. The Kier molecular flexibility index (Phi) is 4.78. The summed E-state index contributed by atoms with van der Waals surface area (Å²) in [5, 5.41) is 0.484. The topological polar surface area (TPSA) is 41.9 Å². The van der Waals surface area contributed by atoms with E-state index < -0.39 is 0 Å². The van der Waals surface area contributed by atoms with E-state index in [2.05, 4.69) is 47.5 Å². The van der Waals surface area contributed by atoms with E-state index in [1.807, 2.05) is 18.2 Å². The van der Waals surface area contributed by atoms with Crippen molar-refractivity contribution in [1.29, 1.82) is 0 Å². The van der Waals surface area contributed by atoms with Crippen molar-refractivity contribution in [2.45, 2.75) is 39.7 Å². The van der Waals surface area contributed by atoms with E-state index in [9.17, 15) is 0 Å². The molecule has 0 aromatic carbocycles. The molecule has 0 saturated heterocycles. The Bertz CT molecular complexity index is 593. The van der Waals surface area contributed by atoms with E-state index in [0.29, 0.717) is 5.15 Å². The van der Waals surface area contributed by atoms with Gasteiger partial charge in [0, 0.05) is 37.0 Å². The van der Waals surface area contributed by atoms with Gasteiger partial charge >= 0.3 is 0 Å². The van der Waals surface area contributed by atoms with Crippen LogP contribution in [0, 0.1) is 0 Å². The second kappa shape index (κ2) is 6.39. The minimum atomic E-state index is -0.129. The van der Waals surface area contributed by atoms with Crippen LogP contribution in [0.1, 0.15) is 39.1 Å². The lowest BCUT2D eigenvalue weighted by Crippen LogP contribution is -2.25. The molecule has 112 valence electrons. The molecule has 0 spiro atoms. The van der Waals surface area contributed by atoms with Crippen LogP contribution in [-0.2, 0) is 12.0 Å². The van der Waals surface area contributed by atoms with E-state index in [1.54, 1.807) is 12.4 Å². The summed E-state index contributed by atoms with van der Waals surface area (Å²) in [6.45, 7) is 9.98. The summed E-state index contributed by atoms with van der Waals surface area (Å²) in [4.78, 5) is 15.3. The van der Waals surface area contributed by atoms with E-state index >= 15 is 0 Å². The van der Waals surface area contributed by atoms with Gasteiger partial charge in [-0.25, -0.2) is 9.97 Å². The van der Waals surface area contributed by atoms with Crippen LogP contribution in [0.4, 0.5) is 5.82 Å². The van der Waals surface area contributed by atoms with Gasteiger partial charge in [-0.15, -0.1) is 0 Å². The van der Waals surface area contributed by atoms with Crippen molar-refractivity contribution in [2.24, 2.45) is 0 Å². The molecule has 0 bridgehead atoms. The first-order chi connectivity index (χ1) is 9.90. The zero-order valence-corrected chi connectivity index (χ0v) is 13.7. The number of halogens is 1. The van der Waals surface area contributed by atoms with Crippen LogP contribution >= 0.6 is 11.6 Å². The highest BCUT2D eigenvalue weighted by atomic mass is 35.5. The fourth-order valence-corrected chi connectivity index (χ4v) is 2.14. The maximum atomic E-state index is 6.17. The molecule has 2 heterocycles. The zero-order valence-electron chi connectivity index (χ0n) is 13.0. The van der Waals surface area contributed by atoms with Crippen LogP contribution in [-0.4, -0.2) is 21.5 Å². The molecule has 0 N–H and O–H groups in total. The molecular formula is C16H21ClN4. The van der Waals surface area contributed by atoms with Gasteiger partial charge in [-0.3, -0.25) is 4.98 Å². The summed E-state index contributed by atoms with van der Waals surface area (Å²) in [6.07, 6.45) is 3.60. The number of rotatable bonds is 4. The number of pyridine rings is 1. The molecular weight excluding hydrogens is 284 g/mol. The van der Waals surface area contributed by atoms with Gasteiger partial charge < -0.3 is 4.90 Å². The first-order valence-electron chi connectivity index (χ1n) is 7.09. The molecule has 5 heteroatoms. The Balaban J connectivity index is 2.32. The van der Waals surface area contributed by atoms with Crippen LogP contribution in [0.2, 0.25) is 5.15 Å². The van der Waals surface area contributed by atoms with Gasteiger partial charge in [-0.1, -0.05) is 32.4 Å². The predicted octanol–water partition coefficient (Wildman–Crippen LogP) is 3.85. The average Bonchev–Trinajstić information content (AvgIpc) is 2.44. The maximum Gasteiger partial charge on any atom is 0.137 e. The molecule has 0 saturated carbocycles. The number of hydrogen-bond acceptors (Lipinski definition) is 4. The minimum absolute atomic E-state index is 0.129. The van der Waals surface area contributed by atoms with Gasteiger partial charge in [0.15, 0.2) is 0 Å². The third kappa shape index (κ3) is 4.14. The van der Waals surface area contributed by atoms with Gasteiger partial charge in [0.05, 0.1) is 0 Å². The first-order valence-corrected chi connectivity index (χ1v) is 7.47. The summed E-state index contributed by atoms with van der Waals surface area (Å²) in [5.41, 5.74) is 1.06. The molecule has 2 aromatic rings. The van der Waals surface area contributed by atoms with Crippen molar-refractivity contribution in [3.63, 3.8) is 0 Å². The van der Waals surface area contributed by atoms with Gasteiger partial charge in [-0.05, 0) is 24.6 Å². The van der Waals surface area contributed by atoms with Crippen molar-refractivity contribution >= 4 is 17.4 Å². The van der Waals surface area contributed by atoms with Gasteiger partial charge in [0.1, 0.15) is 16.8 Å². The average molecular weight is 305 g/mol. The third-order valence-electron chi connectivity index (χ3n) is 3.18. The summed E-state index contributed by atoms with van der Waals surface area (Å²) in [6, 6.07) is 5.84. The van der Waals surface area contributed by atoms with Crippen molar-refractivity contribution in [1.82, 2.24) is 15.0 Å². The molecule has 2 rings (SSSR count). The van der Waals surface area contributed by atoms with Crippen LogP contribution in [0.5, 0.6) is 0 Å². The smallest absolute Gasteiger partial charge is 0.137 e. The van der Waals surface area contributed by atoms with E-state index in [4.69, 9.17) is 11.6 Å². The lowest BCUT2D eigenvalue weighted by molar-refractivity contribution is 0.544. The quantitative estimate of drug-likeness (QED) is 0.805. The summed E-state index contributed by atoms with van der Waals surface area (Å²) in [5.74, 6) is 1.62. The predicted molar refractivity (Wildman–Crippen MR) is 86.7 cm³/mol. The molecule has 21 heavy (non-hydrogen) atoms. The molecule has 0 radical (unpaired) electrons. The monoisotopic (exact) mass is 304 g/mol. The second-order valence-corrected chi connectivity index (χ2v) is 6.38. The summed E-state index contributed by atoms with van der Waals surface area (Å²) in [7, 11) is 0. The molecule has 4 nitrogen and oxygen atoms in total. The molecule has 0 fully saturated rings. The number of anilines is 1. The van der Waals surface area contributed by atoms with Crippen molar-refractivity contribution in [3.05, 3.63) is 47.1 Å². The fraction of sp³-hybridized carbons (Fsp3) is 0.438. The summed E-state index contributed by atoms with van der Waals surface area (Å²) >= 11 is 6.17. The highest BCUT2D eigenvalue weighted by Gasteiger charge is 2.20. The van der Waals surface area contributed by atoms with Crippen molar-refractivity contribution < 1.29 is 0 Å². The molecule has 0 atom stereocenters. The Morgan fingerprint density at radius 3 is 2.38 bits per heavy atom. The lowest BCUT2D eigenvalue weighted by Gasteiger charge is -2.25. The van der Waals surface area contributed by atoms with Crippen LogP contribution in [0.3, 0.4) is 0 Å². The number of nitrogens with zero attached hydrogens (tertiary/aromatic N) is 4. The number of hydrogen-bond donors (Lipinski definition) is 0. The minimum Gasteiger partial charge on any atom is -0.352 e. The lowest BCUT2D eigenvalue weighted by atomic mass is 9.96. The Morgan fingerprint density at radius 2 is 1.81 bits per heavy atom.